The third-order valence-corrected chi connectivity index (χ3v) is 3.08. The van der Waals surface area contributed by atoms with E-state index in [0.717, 1.165) is 5.56 Å². The van der Waals surface area contributed by atoms with Gasteiger partial charge < -0.3 is 9.64 Å². The smallest absolute Gasteiger partial charge is 0.260 e. The maximum atomic E-state index is 12.8. The Morgan fingerprint density at radius 1 is 1.27 bits per heavy atom. The number of hydrogen-bond donors (Lipinski definition) is 0. The van der Waals surface area contributed by atoms with Crippen LogP contribution in [0.4, 0.5) is 4.39 Å². The first-order valence-electron chi connectivity index (χ1n) is 6.70. The van der Waals surface area contributed by atoms with E-state index in [0.29, 0.717) is 17.9 Å². The summed E-state index contributed by atoms with van der Waals surface area (Å²) in [5, 5.41) is 8.86. The highest BCUT2D eigenvalue weighted by Gasteiger charge is 2.10. The number of amides is 1. The molecule has 0 heterocycles. The number of hydrogen-bond acceptors (Lipinski definition) is 3. The summed E-state index contributed by atoms with van der Waals surface area (Å²) in [4.78, 5) is 13.5. The van der Waals surface area contributed by atoms with Crippen molar-refractivity contribution >= 4 is 5.91 Å². The summed E-state index contributed by atoms with van der Waals surface area (Å²) in [6.45, 7) is 0.265. The first-order chi connectivity index (χ1) is 10.6. The van der Waals surface area contributed by atoms with Gasteiger partial charge in [-0.1, -0.05) is 12.1 Å². The van der Waals surface area contributed by atoms with Crippen LogP contribution in [0.25, 0.3) is 0 Å². The highest BCUT2D eigenvalue weighted by Crippen LogP contribution is 2.11. The van der Waals surface area contributed by atoms with Gasteiger partial charge in [-0.3, -0.25) is 4.79 Å². The average molecular weight is 298 g/mol. The van der Waals surface area contributed by atoms with Crippen LogP contribution in [0.3, 0.4) is 0 Å². The lowest BCUT2D eigenvalue weighted by atomic mass is 10.1. The molecule has 0 spiro atoms. The van der Waals surface area contributed by atoms with E-state index < -0.39 is 0 Å². The number of halogens is 1. The van der Waals surface area contributed by atoms with E-state index in [4.69, 9.17) is 10.00 Å². The monoisotopic (exact) mass is 298 g/mol. The quantitative estimate of drug-likeness (QED) is 0.853. The Kier molecular flexibility index (Phi) is 5.10. The topological polar surface area (TPSA) is 53.3 Å². The van der Waals surface area contributed by atoms with Crippen LogP contribution in [0.15, 0.2) is 48.5 Å². The molecular weight excluding hydrogens is 283 g/mol. The highest BCUT2D eigenvalue weighted by atomic mass is 19.1. The summed E-state index contributed by atoms with van der Waals surface area (Å²) in [5.74, 6) is -0.116. The van der Waals surface area contributed by atoms with Gasteiger partial charge in [0, 0.05) is 13.6 Å². The molecule has 4 nitrogen and oxygen atoms in total. The third-order valence-electron chi connectivity index (χ3n) is 3.08. The number of rotatable bonds is 5. The van der Waals surface area contributed by atoms with E-state index in [9.17, 15) is 9.18 Å². The van der Waals surface area contributed by atoms with Gasteiger partial charge in [0.25, 0.3) is 5.91 Å². The molecule has 0 N–H and O–H groups in total. The highest BCUT2D eigenvalue weighted by molar-refractivity contribution is 5.77. The lowest BCUT2D eigenvalue weighted by molar-refractivity contribution is -0.132. The second-order valence-corrected chi connectivity index (χ2v) is 4.80. The SMILES string of the molecule is CN(Cc1cccc(C#N)c1)C(=O)COc1ccc(F)cc1. The average Bonchev–Trinajstić information content (AvgIpc) is 2.54. The summed E-state index contributed by atoms with van der Waals surface area (Å²) in [6.07, 6.45) is 0. The van der Waals surface area contributed by atoms with Crippen LogP contribution in [0, 0.1) is 17.1 Å². The van der Waals surface area contributed by atoms with Crippen LogP contribution in [-0.4, -0.2) is 24.5 Å². The van der Waals surface area contributed by atoms with Crippen LogP contribution in [-0.2, 0) is 11.3 Å². The number of benzene rings is 2. The third kappa shape index (κ3) is 4.32. The maximum Gasteiger partial charge on any atom is 0.260 e. The Balaban J connectivity index is 1.89. The molecule has 0 fully saturated rings. The summed E-state index contributed by atoms with van der Waals surface area (Å²) in [5.41, 5.74) is 1.43. The van der Waals surface area contributed by atoms with Crippen molar-refractivity contribution in [1.29, 1.82) is 5.26 Å². The Labute approximate surface area is 128 Å². The van der Waals surface area contributed by atoms with E-state index in [1.807, 2.05) is 6.07 Å². The molecule has 5 heteroatoms. The normalized spacial score (nSPS) is 9.86. The van der Waals surface area contributed by atoms with Crippen LogP contribution in [0.1, 0.15) is 11.1 Å². The van der Waals surface area contributed by atoms with Gasteiger partial charge in [0.1, 0.15) is 11.6 Å². The minimum atomic E-state index is -0.354. The lowest BCUT2D eigenvalue weighted by Crippen LogP contribution is -2.30. The fourth-order valence-corrected chi connectivity index (χ4v) is 1.89. The van der Waals surface area contributed by atoms with E-state index in [1.54, 1.807) is 25.2 Å². The molecule has 2 aromatic carbocycles. The Bertz CT molecular complexity index is 693. The molecule has 0 unspecified atom stereocenters. The first-order valence-corrected chi connectivity index (χ1v) is 6.70. The summed E-state index contributed by atoms with van der Waals surface area (Å²) in [6, 6.07) is 14.6. The number of likely N-dealkylation sites (N-methyl/N-ethyl adjacent to an activating group) is 1. The predicted molar refractivity (Wildman–Crippen MR) is 79.5 cm³/mol. The molecule has 2 aromatic rings. The second kappa shape index (κ2) is 7.23. The Morgan fingerprint density at radius 3 is 2.68 bits per heavy atom. The zero-order valence-electron chi connectivity index (χ0n) is 12.1. The molecule has 0 aliphatic carbocycles. The number of ether oxygens (including phenoxy) is 1. The minimum Gasteiger partial charge on any atom is -0.484 e. The van der Waals surface area contributed by atoms with Gasteiger partial charge in [-0.15, -0.1) is 0 Å². The fraction of sp³-hybridized carbons (Fsp3) is 0.176. The molecule has 0 aliphatic rings. The van der Waals surface area contributed by atoms with Gasteiger partial charge >= 0.3 is 0 Å². The summed E-state index contributed by atoms with van der Waals surface area (Å²) < 4.78 is 18.1. The standard InChI is InChI=1S/C17H15FN2O2/c1-20(11-14-4-2-3-13(9-14)10-19)17(21)12-22-16-7-5-15(18)6-8-16/h2-9H,11-12H2,1H3. The lowest BCUT2D eigenvalue weighted by Gasteiger charge is -2.17. The summed E-state index contributed by atoms with van der Waals surface area (Å²) in [7, 11) is 1.66. The molecule has 0 saturated carbocycles. The van der Waals surface area contributed by atoms with E-state index in [1.165, 1.54) is 29.2 Å². The van der Waals surface area contributed by atoms with Gasteiger partial charge in [0.05, 0.1) is 11.6 Å². The van der Waals surface area contributed by atoms with Crippen LogP contribution < -0.4 is 4.74 Å². The van der Waals surface area contributed by atoms with Crippen LogP contribution in [0.5, 0.6) is 5.75 Å². The molecular formula is C17H15FN2O2. The van der Waals surface area contributed by atoms with Crippen molar-refractivity contribution in [2.45, 2.75) is 6.54 Å². The van der Waals surface area contributed by atoms with Crippen LogP contribution in [0.2, 0.25) is 0 Å². The van der Waals surface area contributed by atoms with Crippen molar-refractivity contribution in [2.24, 2.45) is 0 Å². The first kappa shape index (κ1) is 15.5. The molecule has 112 valence electrons. The molecule has 0 aromatic heterocycles. The zero-order chi connectivity index (χ0) is 15.9. The second-order valence-electron chi connectivity index (χ2n) is 4.80. The molecule has 0 aliphatic heterocycles. The summed E-state index contributed by atoms with van der Waals surface area (Å²) >= 11 is 0. The number of carbonyl (C=O) groups excluding carboxylic acids is 1. The van der Waals surface area contributed by atoms with Gasteiger partial charge in [0.15, 0.2) is 6.61 Å². The van der Waals surface area contributed by atoms with Crippen LogP contribution >= 0.6 is 0 Å². The molecule has 0 bridgehead atoms. The molecule has 0 saturated heterocycles. The fourth-order valence-electron chi connectivity index (χ4n) is 1.89. The molecule has 2 rings (SSSR count). The molecule has 1 amide bonds. The van der Waals surface area contributed by atoms with E-state index >= 15 is 0 Å². The van der Waals surface area contributed by atoms with E-state index in [2.05, 4.69) is 6.07 Å². The van der Waals surface area contributed by atoms with Crippen molar-refractivity contribution in [1.82, 2.24) is 4.90 Å². The van der Waals surface area contributed by atoms with Gasteiger partial charge in [-0.2, -0.15) is 5.26 Å². The molecule has 0 radical (unpaired) electrons. The van der Waals surface area contributed by atoms with Gasteiger partial charge in [0.2, 0.25) is 0 Å². The number of carbonyl (C=O) groups is 1. The van der Waals surface area contributed by atoms with Crippen molar-refractivity contribution in [3.63, 3.8) is 0 Å². The van der Waals surface area contributed by atoms with Crippen molar-refractivity contribution in [2.75, 3.05) is 13.7 Å². The Hall–Kier alpha value is -2.87. The largest absolute Gasteiger partial charge is 0.484 e. The van der Waals surface area contributed by atoms with Gasteiger partial charge in [-0.05, 0) is 42.0 Å². The van der Waals surface area contributed by atoms with Crippen molar-refractivity contribution in [3.8, 4) is 11.8 Å². The van der Waals surface area contributed by atoms with Crippen molar-refractivity contribution < 1.29 is 13.9 Å². The Morgan fingerprint density at radius 2 is 2.00 bits per heavy atom. The zero-order valence-corrected chi connectivity index (χ0v) is 12.1. The maximum absolute atomic E-state index is 12.8. The molecule has 22 heavy (non-hydrogen) atoms. The van der Waals surface area contributed by atoms with Crippen molar-refractivity contribution in [3.05, 3.63) is 65.5 Å². The predicted octanol–water partition coefficient (Wildman–Crippen LogP) is 2.73. The molecule has 0 atom stereocenters. The minimum absolute atomic E-state index is 0.125. The number of nitrogens with zero attached hydrogens (tertiary/aromatic N) is 2. The van der Waals surface area contributed by atoms with E-state index in [-0.39, 0.29) is 18.3 Å². The number of nitriles is 1. The van der Waals surface area contributed by atoms with Gasteiger partial charge in [-0.25, -0.2) is 4.39 Å².